The smallest absolute Gasteiger partial charge is 0.248 e. The number of aromatic nitrogens is 4. The molecule has 4 N–H and O–H groups in total. The molecule has 0 spiro atoms. The van der Waals surface area contributed by atoms with Crippen molar-refractivity contribution in [3.63, 3.8) is 0 Å². The van der Waals surface area contributed by atoms with Gasteiger partial charge in [0.15, 0.2) is 0 Å². The van der Waals surface area contributed by atoms with Gasteiger partial charge in [0.1, 0.15) is 5.82 Å². The summed E-state index contributed by atoms with van der Waals surface area (Å²) >= 11 is 0. The number of nitrogens with two attached hydrogens (primary N) is 1. The number of benzene rings is 1. The molecule has 0 atom stereocenters. The van der Waals surface area contributed by atoms with Crippen molar-refractivity contribution >= 4 is 28.7 Å². The molecule has 0 bridgehead atoms. The third-order valence-corrected chi connectivity index (χ3v) is 4.43. The molecule has 0 aliphatic heterocycles. The molecule has 144 valence electrons. The van der Waals surface area contributed by atoms with E-state index in [0.717, 1.165) is 41.1 Å². The fourth-order valence-corrected chi connectivity index (χ4v) is 3.31. The van der Waals surface area contributed by atoms with E-state index in [1.54, 1.807) is 12.1 Å². The van der Waals surface area contributed by atoms with E-state index in [4.69, 9.17) is 15.8 Å². The number of carbonyl (C=O) groups excluding carboxylic acids is 1. The zero-order valence-corrected chi connectivity index (χ0v) is 16.0. The molecule has 0 aliphatic rings. The number of hydrogen-bond acceptors (Lipinski definition) is 5. The lowest BCUT2D eigenvalue weighted by atomic mass is 10.1. The van der Waals surface area contributed by atoms with Crippen molar-refractivity contribution in [3.8, 4) is 0 Å². The Morgan fingerprint density at radius 1 is 1.26 bits per heavy atom. The fourth-order valence-electron chi connectivity index (χ4n) is 3.31. The van der Waals surface area contributed by atoms with Crippen molar-refractivity contribution in [2.75, 3.05) is 11.9 Å². The first kappa shape index (κ1) is 18.9. The van der Waals surface area contributed by atoms with Crippen LogP contribution in [0.25, 0.3) is 11.0 Å². The Bertz CT molecular complexity index is 972. The lowest BCUT2D eigenvalue weighted by Gasteiger charge is -2.12. The van der Waals surface area contributed by atoms with E-state index in [0.29, 0.717) is 24.5 Å². The molecular formula is C19H26N6O2. The number of rotatable bonds is 8. The minimum atomic E-state index is -0.461. The van der Waals surface area contributed by atoms with E-state index in [1.165, 1.54) is 0 Å². The molecule has 0 radical (unpaired) electrons. The van der Waals surface area contributed by atoms with Crippen LogP contribution < -0.4 is 11.1 Å². The summed E-state index contributed by atoms with van der Waals surface area (Å²) in [5.74, 6) is 1.06. The van der Waals surface area contributed by atoms with E-state index in [2.05, 4.69) is 21.9 Å². The van der Waals surface area contributed by atoms with Crippen molar-refractivity contribution < 1.29 is 9.90 Å². The minimum Gasteiger partial charge on any atom is -0.396 e. The van der Waals surface area contributed by atoms with Gasteiger partial charge in [0.25, 0.3) is 0 Å². The van der Waals surface area contributed by atoms with Crippen molar-refractivity contribution in [2.24, 2.45) is 5.73 Å². The molecule has 3 aromatic rings. The van der Waals surface area contributed by atoms with Gasteiger partial charge in [0.05, 0.1) is 16.7 Å². The highest BCUT2D eigenvalue weighted by molar-refractivity contribution is 5.97. The van der Waals surface area contributed by atoms with Crippen LogP contribution in [0.5, 0.6) is 0 Å². The number of carbonyl (C=O) groups is 1. The van der Waals surface area contributed by atoms with Gasteiger partial charge in [-0.15, -0.1) is 0 Å². The maximum absolute atomic E-state index is 11.6. The molecule has 3 rings (SSSR count). The van der Waals surface area contributed by atoms with Gasteiger partial charge < -0.3 is 20.7 Å². The Morgan fingerprint density at radius 2 is 2.04 bits per heavy atom. The Morgan fingerprint density at radius 3 is 2.70 bits per heavy atom. The van der Waals surface area contributed by atoms with Crippen LogP contribution in [0.3, 0.4) is 0 Å². The summed E-state index contributed by atoms with van der Waals surface area (Å²) < 4.78 is 3.96. The molecule has 0 unspecified atom stereocenters. The van der Waals surface area contributed by atoms with Crippen LogP contribution in [-0.4, -0.2) is 37.0 Å². The second-order valence-corrected chi connectivity index (χ2v) is 6.71. The minimum absolute atomic E-state index is 0.113. The predicted molar refractivity (Wildman–Crippen MR) is 105 cm³/mol. The van der Waals surface area contributed by atoms with Crippen molar-refractivity contribution in [1.29, 1.82) is 0 Å². The van der Waals surface area contributed by atoms with E-state index < -0.39 is 5.91 Å². The number of hydrogen-bond donors (Lipinski definition) is 3. The van der Waals surface area contributed by atoms with Gasteiger partial charge in [-0.1, -0.05) is 6.92 Å². The Balaban J connectivity index is 2.07. The van der Waals surface area contributed by atoms with E-state index in [9.17, 15) is 4.79 Å². The molecule has 0 fully saturated rings. The van der Waals surface area contributed by atoms with Gasteiger partial charge >= 0.3 is 0 Å². The normalized spacial score (nSPS) is 11.3. The first-order chi connectivity index (χ1) is 12.9. The Hall–Kier alpha value is -2.87. The summed E-state index contributed by atoms with van der Waals surface area (Å²) in [6.45, 7) is 7.52. The van der Waals surface area contributed by atoms with E-state index >= 15 is 0 Å². The number of fused-ring (bicyclic) bond motifs is 1. The Kier molecular flexibility index (Phi) is 5.46. The zero-order chi connectivity index (χ0) is 19.6. The molecule has 1 aromatic carbocycles. The zero-order valence-electron chi connectivity index (χ0n) is 16.0. The lowest BCUT2D eigenvalue weighted by molar-refractivity contribution is 0.100. The van der Waals surface area contributed by atoms with Gasteiger partial charge in [-0.05, 0) is 44.4 Å². The van der Waals surface area contributed by atoms with Crippen LogP contribution in [0.2, 0.25) is 0 Å². The first-order valence-electron chi connectivity index (χ1n) is 9.17. The molecule has 0 aliphatic carbocycles. The summed E-state index contributed by atoms with van der Waals surface area (Å²) in [6.07, 6.45) is 1.57. The molecule has 27 heavy (non-hydrogen) atoms. The van der Waals surface area contributed by atoms with Crippen LogP contribution in [0, 0.1) is 13.8 Å². The summed E-state index contributed by atoms with van der Waals surface area (Å²) in [5.41, 5.74) is 9.47. The number of aliphatic hydroxyl groups excluding tert-OH is 1. The molecule has 8 nitrogen and oxygen atoms in total. The number of nitrogens with one attached hydrogen (secondary N) is 1. The van der Waals surface area contributed by atoms with Crippen molar-refractivity contribution in [3.05, 3.63) is 35.0 Å². The van der Waals surface area contributed by atoms with Crippen LogP contribution in [-0.2, 0) is 13.1 Å². The van der Waals surface area contributed by atoms with Crippen LogP contribution in [0.15, 0.2) is 18.2 Å². The first-order valence-corrected chi connectivity index (χ1v) is 9.17. The largest absolute Gasteiger partial charge is 0.396 e. The maximum Gasteiger partial charge on any atom is 0.248 e. The van der Waals surface area contributed by atoms with Crippen molar-refractivity contribution in [1.82, 2.24) is 19.3 Å². The van der Waals surface area contributed by atoms with Gasteiger partial charge in [-0.2, -0.15) is 5.10 Å². The number of amides is 1. The van der Waals surface area contributed by atoms with Crippen LogP contribution in [0.4, 0.5) is 11.8 Å². The van der Waals surface area contributed by atoms with Gasteiger partial charge in [-0.3, -0.25) is 4.79 Å². The standard InChI is InChI=1S/C19H26N6O2/c1-4-6-24-17-12(2)9-14(18(20)27)11-15(17)21-19(24)22-16-10-13(3)23-25(16)7-5-8-26/h9-11,26H,4-8H2,1-3H3,(H2,20,27)(H,21,22). The molecule has 2 heterocycles. The van der Waals surface area contributed by atoms with Gasteiger partial charge in [0, 0.05) is 31.3 Å². The second-order valence-electron chi connectivity index (χ2n) is 6.71. The number of aliphatic hydroxyl groups is 1. The quantitative estimate of drug-likeness (QED) is 0.564. The highest BCUT2D eigenvalue weighted by atomic mass is 16.3. The highest BCUT2D eigenvalue weighted by Crippen LogP contribution is 2.27. The number of nitrogens with zero attached hydrogens (tertiary/aromatic N) is 4. The molecule has 2 aromatic heterocycles. The second kappa shape index (κ2) is 7.79. The van der Waals surface area contributed by atoms with E-state index in [-0.39, 0.29) is 6.61 Å². The third-order valence-electron chi connectivity index (χ3n) is 4.43. The molecule has 1 amide bonds. The van der Waals surface area contributed by atoms with Crippen LogP contribution in [0.1, 0.15) is 41.4 Å². The highest BCUT2D eigenvalue weighted by Gasteiger charge is 2.16. The van der Waals surface area contributed by atoms with Gasteiger partial charge in [0.2, 0.25) is 11.9 Å². The molecule has 8 heteroatoms. The predicted octanol–water partition coefficient (Wildman–Crippen LogP) is 2.48. The van der Waals surface area contributed by atoms with Crippen LogP contribution >= 0.6 is 0 Å². The summed E-state index contributed by atoms with van der Waals surface area (Å²) in [6, 6.07) is 5.49. The Labute approximate surface area is 158 Å². The molecular weight excluding hydrogens is 344 g/mol. The van der Waals surface area contributed by atoms with E-state index in [1.807, 2.05) is 24.6 Å². The SMILES string of the molecule is CCCn1c(Nc2cc(C)nn2CCCO)nc2cc(C(N)=O)cc(C)c21. The van der Waals surface area contributed by atoms with Crippen molar-refractivity contribution in [2.45, 2.75) is 46.7 Å². The fraction of sp³-hybridized carbons (Fsp3) is 0.421. The lowest BCUT2D eigenvalue weighted by Crippen LogP contribution is -2.11. The third kappa shape index (κ3) is 3.80. The average molecular weight is 370 g/mol. The number of aryl methyl sites for hydroxylation is 4. The van der Waals surface area contributed by atoms with Gasteiger partial charge in [-0.25, -0.2) is 9.67 Å². The number of primary amides is 1. The maximum atomic E-state index is 11.6. The monoisotopic (exact) mass is 370 g/mol. The average Bonchev–Trinajstić information content (AvgIpc) is 3.14. The molecule has 0 saturated heterocycles. The summed E-state index contributed by atoms with van der Waals surface area (Å²) in [5, 5.41) is 17.0. The summed E-state index contributed by atoms with van der Waals surface area (Å²) in [4.78, 5) is 16.3. The summed E-state index contributed by atoms with van der Waals surface area (Å²) in [7, 11) is 0. The molecule has 0 saturated carbocycles. The number of imidazole rings is 1. The topological polar surface area (TPSA) is 111 Å². The number of anilines is 2.